The summed E-state index contributed by atoms with van der Waals surface area (Å²) < 4.78 is 23.7. The molecule has 1 spiro atoms. The molecule has 2 aliphatic rings. The summed E-state index contributed by atoms with van der Waals surface area (Å²) in [7, 11) is -1.64. The van der Waals surface area contributed by atoms with Crippen LogP contribution in [0.5, 0.6) is 0 Å². The predicted molar refractivity (Wildman–Crippen MR) is 73.1 cm³/mol. The van der Waals surface area contributed by atoms with Crippen LogP contribution in [0, 0.1) is 11.3 Å². The van der Waals surface area contributed by atoms with Crippen LogP contribution in [0.15, 0.2) is 0 Å². The molecule has 0 aromatic carbocycles. The smallest absolute Gasteiger partial charge is 0.223 e. The Kier molecular flexibility index (Phi) is 4.17. The number of hydrogen-bond acceptors (Lipinski definition) is 4. The van der Waals surface area contributed by atoms with Gasteiger partial charge in [-0.05, 0) is 37.8 Å². The summed E-state index contributed by atoms with van der Waals surface area (Å²) in [6.45, 7) is 2.71. The first-order valence-corrected chi connectivity index (χ1v) is 8.60. The number of piperidine rings is 1. The third-order valence-corrected chi connectivity index (χ3v) is 5.71. The van der Waals surface area contributed by atoms with E-state index in [2.05, 4.69) is 10.6 Å². The molecule has 1 unspecified atom stereocenters. The molecule has 1 aliphatic heterocycles. The summed E-state index contributed by atoms with van der Waals surface area (Å²) in [5, 5.41) is 6.16. The molecule has 1 saturated carbocycles. The quantitative estimate of drug-likeness (QED) is 0.707. The second-order valence-corrected chi connectivity index (χ2v) is 7.83. The molecule has 1 saturated heterocycles. The van der Waals surface area contributed by atoms with E-state index in [1.807, 2.05) is 0 Å². The van der Waals surface area contributed by atoms with Crippen LogP contribution >= 0.6 is 0 Å². The molecule has 0 radical (unpaired) electrons. The van der Waals surface area contributed by atoms with E-state index in [0.717, 1.165) is 32.4 Å². The molecule has 0 aromatic heterocycles. The summed E-state index contributed by atoms with van der Waals surface area (Å²) >= 11 is 0. The van der Waals surface area contributed by atoms with Crippen molar-refractivity contribution in [2.75, 3.05) is 39.5 Å². The van der Waals surface area contributed by atoms with Crippen molar-refractivity contribution in [3.05, 3.63) is 0 Å². The average Bonchev–Trinajstić information content (AvgIpc) is 3.02. The summed E-state index contributed by atoms with van der Waals surface area (Å²) in [6, 6.07) is 0. The lowest BCUT2D eigenvalue weighted by Crippen LogP contribution is -2.38. The van der Waals surface area contributed by atoms with E-state index in [-0.39, 0.29) is 17.2 Å². The number of carbonyl (C=O) groups excluding carboxylic acids is 1. The summed E-state index contributed by atoms with van der Waals surface area (Å²) in [5.41, 5.74) is 0.234. The first kappa shape index (κ1) is 14.7. The van der Waals surface area contributed by atoms with Crippen molar-refractivity contribution >= 4 is 15.9 Å². The van der Waals surface area contributed by atoms with Crippen LogP contribution < -0.4 is 10.6 Å². The van der Waals surface area contributed by atoms with E-state index >= 15 is 0 Å². The second kappa shape index (κ2) is 5.38. The van der Waals surface area contributed by atoms with Gasteiger partial charge in [0.15, 0.2) is 0 Å². The molecule has 0 bridgehead atoms. The zero-order valence-electron chi connectivity index (χ0n) is 11.6. The summed E-state index contributed by atoms with van der Waals surface area (Å²) in [6.07, 6.45) is 4.31. The Balaban J connectivity index is 1.72. The molecule has 0 aromatic rings. The molecule has 1 atom stereocenters. The van der Waals surface area contributed by atoms with Gasteiger partial charge in [0.05, 0.1) is 6.26 Å². The molecule has 2 rings (SSSR count). The SMILES string of the molecule is CN(CCNC(=O)C1CC12CCNCC2)S(C)(=O)=O. The Morgan fingerprint density at radius 3 is 2.63 bits per heavy atom. The number of rotatable bonds is 5. The highest BCUT2D eigenvalue weighted by Gasteiger charge is 2.57. The Hall–Kier alpha value is -0.660. The number of sulfonamides is 1. The minimum absolute atomic E-state index is 0.0869. The van der Waals surface area contributed by atoms with Gasteiger partial charge >= 0.3 is 0 Å². The molecule has 19 heavy (non-hydrogen) atoms. The number of nitrogens with zero attached hydrogens (tertiary/aromatic N) is 1. The molecule has 1 heterocycles. The highest BCUT2D eigenvalue weighted by atomic mass is 32.2. The number of hydrogen-bond donors (Lipinski definition) is 2. The summed E-state index contributed by atoms with van der Waals surface area (Å²) in [4.78, 5) is 12.0. The van der Waals surface area contributed by atoms with Gasteiger partial charge in [0.2, 0.25) is 15.9 Å². The van der Waals surface area contributed by atoms with Crippen LogP contribution in [0.1, 0.15) is 19.3 Å². The largest absolute Gasteiger partial charge is 0.355 e. The zero-order chi connectivity index (χ0) is 14.1. The fourth-order valence-corrected chi connectivity index (χ4v) is 3.24. The normalized spacial score (nSPS) is 25.5. The zero-order valence-corrected chi connectivity index (χ0v) is 12.4. The third kappa shape index (κ3) is 3.46. The molecule has 1 aliphatic carbocycles. The molecule has 2 N–H and O–H groups in total. The van der Waals surface area contributed by atoms with E-state index in [4.69, 9.17) is 0 Å². The van der Waals surface area contributed by atoms with E-state index in [1.54, 1.807) is 0 Å². The van der Waals surface area contributed by atoms with Crippen LogP contribution in [-0.2, 0) is 14.8 Å². The Bertz CT molecular complexity index is 443. The predicted octanol–water partition coefficient (Wildman–Crippen LogP) is -0.616. The van der Waals surface area contributed by atoms with Crippen LogP contribution in [0.3, 0.4) is 0 Å². The lowest BCUT2D eigenvalue weighted by molar-refractivity contribution is -0.123. The molecular formula is C12H23N3O3S. The first-order chi connectivity index (χ1) is 8.85. The molecule has 1 amide bonds. The highest BCUT2D eigenvalue weighted by Crippen LogP contribution is 2.58. The monoisotopic (exact) mass is 289 g/mol. The number of amides is 1. The van der Waals surface area contributed by atoms with Crippen LogP contribution in [0.25, 0.3) is 0 Å². The highest BCUT2D eigenvalue weighted by molar-refractivity contribution is 7.88. The van der Waals surface area contributed by atoms with E-state index < -0.39 is 10.0 Å². The standard InChI is InChI=1S/C12H23N3O3S/c1-15(19(2,17)18)8-7-14-11(16)10-9-12(10)3-5-13-6-4-12/h10,13H,3-9H2,1-2H3,(H,14,16). The minimum Gasteiger partial charge on any atom is -0.355 e. The van der Waals surface area contributed by atoms with Crippen molar-refractivity contribution in [1.29, 1.82) is 0 Å². The van der Waals surface area contributed by atoms with Gasteiger partial charge in [-0.3, -0.25) is 4.79 Å². The fraction of sp³-hybridized carbons (Fsp3) is 0.917. The van der Waals surface area contributed by atoms with Crippen molar-refractivity contribution in [2.24, 2.45) is 11.3 Å². The maximum Gasteiger partial charge on any atom is 0.223 e. The topological polar surface area (TPSA) is 78.5 Å². The summed E-state index contributed by atoms with van der Waals surface area (Å²) in [5.74, 6) is 0.224. The Morgan fingerprint density at radius 1 is 1.42 bits per heavy atom. The van der Waals surface area contributed by atoms with Gasteiger partial charge in [-0.1, -0.05) is 0 Å². The molecule has 7 heteroatoms. The average molecular weight is 289 g/mol. The number of nitrogens with one attached hydrogen (secondary N) is 2. The Morgan fingerprint density at radius 2 is 2.05 bits per heavy atom. The first-order valence-electron chi connectivity index (χ1n) is 6.75. The fourth-order valence-electron chi connectivity index (χ4n) is 2.82. The lowest BCUT2D eigenvalue weighted by Gasteiger charge is -2.23. The lowest BCUT2D eigenvalue weighted by atomic mass is 9.92. The number of carbonyl (C=O) groups is 1. The third-order valence-electron chi connectivity index (χ3n) is 4.40. The molecule has 6 nitrogen and oxygen atoms in total. The van der Waals surface area contributed by atoms with Crippen molar-refractivity contribution in [3.63, 3.8) is 0 Å². The number of likely N-dealkylation sites (N-methyl/N-ethyl adjacent to an activating group) is 1. The molecule has 2 fully saturated rings. The molecular weight excluding hydrogens is 266 g/mol. The van der Waals surface area contributed by atoms with Gasteiger partial charge in [-0.25, -0.2) is 12.7 Å². The van der Waals surface area contributed by atoms with Gasteiger partial charge in [0, 0.05) is 26.1 Å². The van der Waals surface area contributed by atoms with Crippen molar-refractivity contribution in [1.82, 2.24) is 14.9 Å². The maximum atomic E-state index is 12.0. The van der Waals surface area contributed by atoms with Gasteiger partial charge in [-0.15, -0.1) is 0 Å². The second-order valence-electron chi connectivity index (χ2n) is 5.74. The van der Waals surface area contributed by atoms with Crippen LogP contribution in [0.4, 0.5) is 0 Å². The van der Waals surface area contributed by atoms with Crippen molar-refractivity contribution in [3.8, 4) is 0 Å². The van der Waals surface area contributed by atoms with Crippen molar-refractivity contribution in [2.45, 2.75) is 19.3 Å². The minimum atomic E-state index is -3.16. The van der Waals surface area contributed by atoms with Gasteiger partial charge in [0.1, 0.15) is 0 Å². The van der Waals surface area contributed by atoms with E-state index in [0.29, 0.717) is 13.1 Å². The molecule has 110 valence electrons. The van der Waals surface area contributed by atoms with Gasteiger partial charge in [0.25, 0.3) is 0 Å². The van der Waals surface area contributed by atoms with E-state index in [1.165, 1.54) is 17.6 Å². The van der Waals surface area contributed by atoms with Gasteiger partial charge in [-0.2, -0.15) is 0 Å². The van der Waals surface area contributed by atoms with Crippen LogP contribution in [-0.4, -0.2) is 58.1 Å². The van der Waals surface area contributed by atoms with E-state index in [9.17, 15) is 13.2 Å². The van der Waals surface area contributed by atoms with Gasteiger partial charge < -0.3 is 10.6 Å². The Labute approximate surface area is 115 Å². The van der Waals surface area contributed by atoms with Crippen molar-refractivity contribution < 1.29 is 13.2 Å². The maximum absolute atomic E-state index is 12.0. The van der Waals surface area contributed by atoms with Crippen LogP contribution in [0.2, 0.25) is 0 Å².